The van der Waals surface area contributed by atoms with Crippen molar-refractivity contribution in [2.24, 2.45) is 0 Å². The molecule has 1 fully saturated rings. The van der Waals surface area contributed by atoms with Crippen molar-refractivity contribution >= 4 is 11.0 Å². The lowest BCUT2D eigenvalue weighted by molar-refractivity contribution is 0.0820. The number of hydrogen-bond donors (Lipinski definition) is 2. The highest BCUT2D eigenvalue weighted by Crippen LogP contribution is 2.23. The van der Waals surface area contributed by atoms with Gasteiger partial charge in [0.1, 0.15) is 11.3 Å². The van der Waals surface area contributed by atoms with Gasteiger partial charge in [0.05, 0.1) is 12.1 Å². The van der Waals surface area contributed by atoms with Crippen LogP contribution in [0.25, 0.3) is 11.0 Å². The van der Waals surface area contributed by atoms with Crippen LogP contribution in [0.1, 0.15) is 38.0 Å². The molecule has 0 saturated carbocycles. The molecule has 120 valence electrons. The van der Waals surface area contributed by atoms with Crippen LogP contribution in [0.3, 0.4) is 0 Å². The second-order valence-corrected chi connectivity index (χ2v) is 6.29. The largest absolute Gasteiger partial charge is 0.459 e. The molecule has 1 aromatic carbocycles. The molecule has 1 atom stereocenters. The number of nitrogens with zero attached hydrogens (tertiary/aromatic N) is 1. The number of benzene rings is 1. The van der Waals surface area contributed by atoms with E-state index in [0.29, 0.717) is 0 Å². The predicted octanol–water partition coefficient (Wildman–Crippen LogP) is 2.93. The Morgan fingerprint density at radius 2 is 2.09 bits per heavy atom. The zero-order valence-electron chi connectivity index (χ0n) is 13.3. The first-order valence-corrected chi connectivity index (χ1v) is 8.34. The summed E-state index contributed by atoms with van der Waals surface area (Å²) in [7, 11) is 0. The van der Waals surface area contributed by atoms with Crippen LogP contribution in [-0.4, -0.2) is 42.3 Å². The fraction of sp³-hybridized carbons (Fsp3) is 0.556. The predicted molar refractivity (Wildman–Crippen MR) is 88.9 cm³/mol. The van der Waals surface area contributed by atoms with Gasteiger partial charge in [-0.1, -0.05) is 18.2 Å². The Balaban J connectivity index is 1.41. The smallest absolute Gasteiger partial charge is 0.134 e. The van der Waals surface area contributed by atoms with E-state index in [9.17, 15) is 5.11 Å². The van der Waals surface area contributed by atoms with Gasteiger partial charge < -0.3 is 19.7 Å². The second kappa shape index (κ2) is 7.27. The Morgan fingerprint density at radius 3 is 2.86 bits per heavy atom. The van der Waals surface area contributed by atoms with Gasteiger partial charge in [0, 0.05) is 18.5 Å². The third-order valence-corrected chi connectivity index (χ3v) is 4.53. The van der Waals surface area contributed by atoms with Gasteiger partial charge in [0.15, 0.2) is 0 Å². The van der Waals surface area contributed by atoms with E-state index in [2.05, 4.69) is 29.3 Å². The molecule has 0 bridgehead atoms. The van der Waals surface area contributed by atoms with Crippen LogP contribution in [0.4, 0.5) is 0 Å². The van der Waals surface area contributed by atoms with E-state index in [1.165, 1.54) is 0 Å². The van der Waals surface area contributed by atoms with E-state index in [0.717, 1.165) is 62.2 Å². The molecule has 4 nitrogen and oxygen atoms in total. The number of hydrogen-bond acceptors (Lipinski definition) is 4. The zero-order chi connectivity index (χ0) is 15.4. The summed E-state index contributed by atoms with van der Waals surface area (Å²) < 4.78 is 5.89. The summed E-state index contributed by atoms with van der Waals surface area (Å²) in [6.07, 6.45) is 2.88. The molecule has 1 unspecified atom stereocenters. The molecule has 0 spiro atoms. The average molecular weight is 302 g/mol. The first-order chi connectivity index (χ1) is 10.7. The molecule has 2 heterocycles. The average Bonchev–Trinajstić information content (AvgIpc) is 2.97. The van der Waals surface area contributed by atoms with Crippen LogP contribution in [0.5, 0.6) is 0 Å². The molecule has 22 heavy (non-hydrogen) atoms. The van der Waals surface area contributed by atoms with Crippen molar-refractivity contribution in [1.29, 1.82) is 0 Å². The first-order valence-electron chi connectivity index (χ1n) is 8.34. The SMILES string of the molecule is CC(NCCCN1CCC(O)CC1)c1cc2ccccc2o1. The van der Waals surface area contributed by atoms with Crippen LogP contribution in [0.2, 0.25) is 0 Å². The minimum absolute atomic E-state index is 0.0810. The van der Waals surface area contributed by atoms with Gasteiger partial charge in [0.25, 0.3) is 0 Å². The fourth-order valence-corrected chi connectivity index (χ4v) is 3.08. The van der Waals surface area contributed by atoms with Gasteiger partial charge in [-0.15, -0.1) is 0 Å². The second-order valence-electron chi connectivity index (χ2n) is 6.29. The number of likely N-dealkylation sites (tertiary alicyclic amines) is 1. The molecule has 2 aromatic rings. The number of nitrogens with one attached hydrogen (secondary N) is 1. The summed E-state index contributed by atoms with van der Waals surface area (Å²) in [6, 6.07) is 10.5. The van der Waals surface area contributed by atoms with Crippen LogP contribution in [0.15, 0.2) is 34.7 Å². The number of rotatable bonds is 6. The van der Waals surface area contributed by atoms with Crippen LogP contribution < -0.4 is 5.32 Å². The lowest BCUT2D eigenvalue weighted by atomic mass is 10.1. The first kappa shape index (κ1) is 15.5. The summed E-state index contributed by atoms with van der Waals surface area (Å²) in [6.45, 7) is 6.29. The van der Waals surface area contributed by atoms with E-state index >= 15 is 0 Å². The number of furan rings is 1. The van der Waals surface area contributed by atoms with Gasteiger partial charge in [-0.25, -0.2) is 0 Å². The molecular formula is C18H26N2O2. The standard InChI is InChI=1S/C18H26N2O2/c1-14(18-13-15-5-2-3-6-17(15)22-18)19-9-4-10-20-11-7-16(21)8-12-20/h2-3,5-6,13-14,16,19,21H,4,7-12H2,1H3. The van der Waals surface area contributed by atoms with Gasteiger partial charge in [0.2, 0.25) is 0 Å². The Labute approximate surface area is 132 Å². The molecular weight excluding hydrogens is 276 g/mol. The fourth-order valence-electron chi connectivity index (χ4n) is 3.08. The van der Waals surface area contributed by atoms with Crippen molar-refractivity contribution in [3.05, 3.63) is 36.1 Å². The molecule has 0 amide bonds. The minimum Gasteiger partial charge on any atom is -0.459 e. The zero-order valence-corrected chi connectivity index (χ0v) is 13.3. The number of aliphatic hydroxyl groups is 1. The Morgan fingerprint density at radius 1 is 1.32 bits per heavy atom. The van der Waals surface area contributed by atoms with Crippen molar-refractivity contribution < 1.29 is 9.52 Å². The maximum absolute atomic E-state index is 9.51. The van der Waals surface area contributed by atoms with E-state index in [-0.39, 0.29) is 12.1 Å². The molecule has 3 rings (SSSR count). The van der Waals surface area contributed by atoms with Crippen molar-refractivity contribution in [2.75, 3.05) is 26.2 Å². The quantitative estimate of drug-likeness (QED) is 0.806. The van der Waals surface area contributed by atoms with Crippen LogP contribution >= 0.6 is 0 Å². The van der Waals surface area contributed by atoms with E-state index in [1.807, 2.05) is 18.2 Å². The van der Waals surface area contributed by atoms with Crippen molar-refractivity contribution in [3.63, 3.8) is 0 Å². The van der Waals surface area contributed by atoms with E-state index < -0.39 is 0 Å². The maximum Gasteiger partial charge on any atom is 0.134 e. The number of fused-ring (bicyclic) bond motifs is 1. The van der Waals surface area contributed by atoms with Crippen LogP contribution in [0, 0.1) is 0 Å². The summed E-state index contributed by atoms with van der Waals surface area (Å²) in [5.74, 6) is 1.00. The summed E-state index contributed by atoms with van der Waals surface area (Å²) in [5, 5.41) is 14.2. The number of piperidine rings is 1. The molecule has 0 radical (unpaired) electrons. The molecule has 2 N–H and O–H groups in total. The third kappa shape index (κ3) is 3.88. The van der Waals surface area contributed by atoms with Crippen molar-refractivity contribution in [3.8, 4) is 0 Å². The molecule has 1 aliphatic heterocycles. The highest BCUT2D eigenvalue weighted by atomic mass is 16.3. The van der Waals surface area contributed by atoms with Gasteiger partial charge in [-0.05, 0) is 51.4 Å². The Bertz CT molecular complexity index is 555. The topological polar surface area (TPSA) is 48.6 Å². The van der Waals surface area contributed by atoms with Crippen molar-refractivity contribution in [2.45, 2.75) is 38.3 Å². The maximum atomic E-state index is 9.51. The van der Waals surface area contributed by atoms with Gasteiger partial charge in [-0.3, -0.25) is 0 Å². The van der Waals surface area contributed by atoms with Crippen LogP contribution in [-0.2, 0) is 0 Å². The lowest BCUT2D eigenvalue weighted by Crippen LogP contribution is -2.37. The minimum atomic E-state index is -0.0810. The van der Waals surface area contributed by atoms with E-state index in [1.54, 1.807) is 0 Å². The summed E-state index contributed by atoms with van der Waals surface area (Å²) in [5.41, 5.74) is 0.957. The highest BCUT2D eigenvalue weighted by molar-refractivity contribution is 5.77. The summed E-state index contributed by atoms with van der Waals surface area (Å²) in [4.78, 5) is 2.44. The number of aliphatic hydroxyl groups excluding tert-OH is 1. The molecule has 1 aromatic heterocycles. The Hall–Kier alpha value is -1.36. The molecule has 0 aliphatic carbocycles. The summed E-state index contributed by atoms with van der Waals surface area (Å²) >= 11 is 0. The third-order valence-electron chi connectivity index (χ3n) is 4.53. The highest BCUT2D eigenvalue weighted by Gasteiger charge is 2.16. The molecule has 4 heteroatoms. The van der Waals surface area contributed by atoms with Crippen molar-refractivity contribution in [1.82, 2.24) is 10.2 Å². The van der Waals surface area contributed by atoms with Gasteiger partial charge in [-0.2, -0.15) is 0 Å². The van der Waals surface area contributed by atoms with E-state index in [4.69, 9.17) is 4.42 Å². The van der Waals surface area contributed by atoms with Gasteiger partial charge >= 0.3 is 0 Å². The molecule has 1 aliphatic rings. The normalized spacial score (nSPS) is 18.8. The monoisotopic (exact) mass is 302 g/mol. The lowest BCUT2D eigenvalue weighted by Gasteiger charge is -2.29. The number of para-hydroxylation sites is 1. The Kier molecular flexibility index (Phi) is 5.13. The molecule has 1 saturated heterocycles.